The van der Waals surface area contributed by atoms with Crippen molar-refractivity contribution in [2.24, 2.45) is 11.8 Å². The van der Waals surface area contributed by atoms with Gasteiger partial charge >= 0.3 is 0 Å². The molecular weight excluding hydrogens is 328 g/mol. The molecule has 26 heavy (non-hydrogen) atoms. The molecule has 0 saturated heterocycles. The zero-order valence-electron chi connectivity index (χ0n) is 14.7. The smallest absolute Gasteiger partial charge is 0.207 e. The highest BCUT2D eigenvalue weighted by Gasteiger charge is 2.36. The lowest BCUT2D eigenvalue weighted by atomic mass is 9.87. The van der Waals surface area contributed by atoms with Crippen LogP contribution in [0, 0.1) is 22.0 Å². The summed E-state index contributed by atoms with van der Waals surface area (Å²) in [5.74, 6) is -0.179. The van der Waals surface area contributed by atoms with Gasteiger partial charge in [-0.3, -0.25) is 14.9 Å². The molecule has 136 valence electrons. The van der Waals surface area contributed by atoms with Gasteiger partial charge in [-0.2, -0.15) is 0 Å². The summed E-state index contributed by atoms with van der Waals surface area (Å²) < 4.78 is 0. The number of ketones is 1. The zero-order chi connectivity index (χ0) is 18.4. The quantitative estimate of drug-likeness (QED) is 0.561. The second kappa shape index (κ2) is 8.61. The van der Waals surface area contributed by atoms with Crippen molar-refractivity contribution >= 4 is 11.5 Å². The van der Waals surface area contributed by atoms with E-state index in [1.54, 1.807) is 0 Å². The predicted octanol–water partition coefficient (Wildman–Crippen LogP) is 4.49. The fourth-order valence-electron chi connectivity index (χ4n) is 3.90. The molecule has 2 aromatic rings. The van der Waals surface area contributed by atoms with Gasteiger partial charge in [0, 0.05) is 28.9 Å². The van der Waals surface area contributed by atoms with Crippen LogP contribution in [0.4, 0.5) is 5.69 Å². The summed E-state index contributed by atoms with van der Waals surface area (Å²) in [5, 5.41) is 14.3. The van der Waals surface area contributed by atoms with E-state index < -0.39 is 0 Å². The Bertz CT molecular complexity index is 733. The Morgan fingerprint density at radius 3 is 2.38 bits per heavy atom. The molecule has 0 bridgehead atoms. The molecule has 3 atom stereocenters. The van der Waals surface area contributed by atoms with Crippen molar-refractivity contribution in [3.8, 4) is 0 Å². The number of anilines is 1. The van der Waals surface area contributed by atoms with Gasteiger partial charge in [-0.15, -0.1) is 0 Å². The molecule has 1 N–H and O–H groups in total. The van der Waals surface area contributed by atoms with Crippen molar-refractivity contribution in [1.29, 1.82) is 0 Å². The SMILES string of the molecule is O=C(CC(Nc1ccccc1)c1ccccc1)C1CCCC1C[N+](=O)[O-]. The fourth-order valence-corrected chi connectivity index (χ4v) is 3.90. The Balaban J connectivity index is 1.74. The van der Waals surface area contributed by atoms with Crippen LogP contribution in [0.3, 0.4) is 0 Å². The van der Waals surface area contributed by atoms with Gasteiger partial charge in [-0.05, 0) is 30.5 Å². The zero-order valence-corrected chi connectivity index (χ0v) is 14.7. The third-order valence-corrected chi connectivity index (χ3v) is 5.18. The summed E-state index contributed by atoms with van der Waals surface area (Å²) >= 11 is 0. The summed E-state index contributed by atoms with van der Waals surface area (Å²) in [6.07, 6.45) is 2.79. The molecule has 0 amide bonds. The van der Waals surface area contributed by atoms with E-state index in [4.69, 9.17) is 0 Å². The van der Waals surface area contributed by atoms with Gasteiger partial charge in [0.15, 0.2) is 0 Å². The summed E-state index contributed by atoms with van der Waals surface area (Å²) in [4.78, 5) is 23.6. The largest absolute Gasteiger partial charge is 0.378 e. The number of para-hydroxylation sites is 1. The van der Waals surface area contributed by atoms with Crippen molar-refractivity contribution in [3.05, 3.63) is 76.3 Å². The lowest BCUT2D eigenvalue weighted by Crippen LogP contribution is -2.27. The molecule has 5 heteroatoms. The monoisotopic (exact) mass is 352 g/mol. The molecular formula is C21H24N2O3. The topological polar surface area (TPSA) is 72.2 Å². The number of Topliss-reactive ketones (excluding diaryl/α,β-unsaturated/α-hetero) is 1. The molecule has 5 nitrogen and oxygen atoms in total. The van der Waals surface area contributed by atoms with Gasteiger partial charge in [0.25, 0.3) is 0 Å². The lowest BCUT2D eigenvalue weighted by molar-refractivity contribution is -0.488. The molecule has 3 rings (SSSR count). The number of nitro groups is 1. The minimum Gasteiger partial charge on any atom is -0.378 e. The predicted molar refractivity (Wildman–Crippen MR) is 102 cm³/mol. The van der Waals surface area contributed by atoms with E-state index in [9.17, 15) is 14.9 Å². The number of carbonyl (C=O) groups excluding carboxylic acids is 1. The van der Waals surface area contributed by atoms with Crippen LogP contribution >= 0.6 is 0 Å². The molecule has 1 aliphatic rings. The first-order chi connectivity index (χ1) is 12.6. The number of benzene rings is 2. The van der Waals surface area contributed by atoms with Crippen LogP contribution in [0.15, 0.2) is 60.7 Å². The molecule has 0 aromatic heterocycles. The van der Waals surface area contributed by atoms with Crippen molar-refractivity contribution in [2.75, 3.05) is 11.9 Å². The fraction of sp³-hybridized carbons (Fsp3) is 0.381. The lowest BCUT2D eigenvalue weighted by Gasteiger charge is -2.23. The van der Waals surface area contributed by atoms with Gasteiger partial charge in [0.05, 0.1) is 6.04 Å². The molecule has 0 aliphatic heterocycles. The molecule has 0 spiro atoms. The molecule has 3 unspecified atom stereocenters. The van der Waals surface area contributed by atoms with E-state index in [2.05, 4.69) is 5.32 Å². The first-order valence-electron chi connectivity index (χ1n) is 9.14. The number of nitrogens with zero attached hydrogens (tertiary/aromatic N) is 1. The molecule has 0 radical (unpaired) electrons. The first kappa shape index (κ1) is 18.1. The van der Waals surface area contributed by atoms with Crippen LogP contribution in [-0.2, 0) is 4.79 Å². The third-order valence-electron chi connectivity index (χ3n) is 5.18. The van der Waals surface area contributed by atoms with Gasteiger partial charge in [0.2, 0.25) is 6.54 Å². The molecule has 2 aromatic carbocycles. The Labute approximate surface area is 153 Å². The average molecular weight is 352 g/mol. The van der Waals surface area contributed by atoms with Crippen LogP contribution in [0.25, 0.3) is 0 Å². The Hall–Kier alpha value is -2.69. The van der Waals surface area contributed by atoms with Crippen molar-refractivity contribution < 1.29 is 9.72 Å². The maximum absolute atomic E-state index is 12.9. The van der Waals surface area contributed by atoms with Gasteiger partial charge in [0.1, 0.15) is 5.78 Å². The van der Waals surface area contributed by atoms with E-state index in [1.807, 2.05) is 60.7 Å². The molecule has 1 fully saturated rings. The van der Waals surface area contributed by atoms with Crippen LogP contribution in [0.2, 0.25) is 0 Å². The van der Waals surface area contributed by atoms with Crippen LogP contribution in [-0.4, -0.2) is 17.3 Å². The second-order valence-electron chi connectivity index (χ2n) is 6.96. The summed E-state index contributed by atoms with van der Waals surface area (Å²) in [6, 6.07) is 19.6. The number of rotatable bonds is 8. The number of nitrogens with one attached hydrogen (secondary N) is 1. The number of hydrogen-bond donors (Lipinski definition) is 1. The van der Waals surface area contributed by atoms with Crippen LogP contribution in [0.1, 0.15) is 37.3 Å². The van der Waals surface area contributed by atoms with Gasteiger partial charge in [-0.25, -0.2) is 0 Å². The highest BCUT2D eigenvalue weighted by Crippen LogP contribution is 2.35. The number of carbonyl (C=O) groups is 1. The summed E-state index contributed by atoms with van der Waals surface area (Å²) in [5.41, 5.74) is 2.01. The van der Waals surface area contributed by atoms with E-state index in [1.165, 1.54) is 0 Å². The standard InChI is InChI=1S/C21H24N2O3/c24-21(19-13-7-10-17(19)15-23(25)26)14-20(16-8-3-1-4-9-16)22-18-11-5-2-6-12-18/h1-6,8-9,11-12,17,19-20,22H,7,10,13-15H2. The molecule has 1 saturated carbocycles. The minimum absolute atomic E-state index is 0.0987. The Morgan fingerprint density at radius 2 is 1.73 bits per heavy atom. The maximum Gasteiger partial charge on any atom is 0.207 e. The van der Waals surface area contributed by atoms with Crippen LogP contribution < -0.4 is 5.32 Å². The average Bonchev–Trinajstić information content (AvgIpc) is 3.10. The van der Waals surface area contributed by atoms with E-state index in [0.29, 0.717) is 6.42 Å². The van der Waals surface area contributed by atoms with Gasteiger partial charge < -0.3 is 5.32 Å². The third kappa shape index (κ3) is 4.69. The summed E-state index contributed by atoms with van der Waals surface area (Å²) in [6.45, 7) is -0.0987. The Morgan fingerprint density at radius 1 is 1.08 bits per heavy atom. The second-order valence-corrected chi connectivity index (χ2v) is 6.96. The Kier molecular flexibility index (Phi) is 6.00. The normalized spacial score (nSPS) is 20.5. The van der Waals surface area contributed by atoms with Crippen molar-refractivity contribution in [3.63, 3.8) is 0 Å². The highest BCUT2D eigenvalue weighted by atomic mass is 16.6. The van der Waals surface area contributed by atoms with Gasteiger partial charge in [-0.1, -0.05) is 55.0 Å². The van der Waals surface area contributed by atoms with Crippen LogP contribution in [0.5, 0.6) is 0 Å². The molecule has 1 aliphatic carbocycles. The highest BCUT2D eigenvalue weighted by molar-refractivity contribution is 5.82. The molecule has 0 heterocycles. The number of hydrogen-bond acceptors (Lipinski definition) is 4. The maximum atomic E-state index is 12.9. The van der Waals surface area contributed by atoms with E-state index in [0.717, 1.165) is 30.5 Å². The van der Waals surface area contributed by atoms with Crippen molar-refractivity contribution in [1.82, 2.24) is 0 Å². The van der Waals surface area contributed by atoms with E-state index >= 15 is 0 Å². The van der Waals surface area contributed by atoms with E-state index in [-0.39, 0.29) is 35.1 Å². The first-order valence-corrected chi connectivity index (χ1v) is 9.14. The summed E-state index contributed by atoms with van der Waals surface area (Å²) in [7, 11) is 0. The minimum atomic E-state index is -0.285. The van der Waals surface area contributed by atoms with Crippen molar-refractivity contribution in [2.45, 2.75) is 31.7 Å².